The molecule has 0 fully saturated rings. The lowest BCUT2D eigenvalue weighted by Gasteiger charge is -2.35. The molecule has 11 aromatic carbocycles. The molecule has 12 rings (SSSR count). The molecule has 1 heteroatoms. The maximum Gasteiger partial charge on any atom is 0.0714 e. The van der Waals surface area contributed by atoms with E-state index < -0.39 is 5.41 Å². The Morgan fingerprint density at radius 1 is 0.234 bits per heavy atom. The minimum absolute atomic E-state index is 0.513. The first kappa shape index (κ1) is 37.5. The van der Waals surface area contributed by atoms with Gasteiger partial charge in [-0.1, -0.05) is 224 Å². The molecule has 1 nitrogen and oxygen atoms in total. The first-order valence-electron chi connectivity index (χ1n) is 22.2. The highest BCUT2D eigenvalue weighted by Gasteiger charge is 2.46. The Labute approximate surface area is 374 Å². The molecular formula is C63H43N. The summed E-state index contributed by atoms with van der Waals surface area (Å²) in [5.74, 6) is 0. The third-order valence-electron chi connectivity index (χ3n) is 13.4. The summed E-state index contributed by atoms with van der Waals surface area (Å²) in [7, 11) is 0. The molecule has 64 heavy (non-hydrogen) atoms. The summed E-state index contributed by atoms with van der Waals surface area (Å²) in [6.45, 7) is 0. The molecule has 1 aliphatic rings. The van der Waals surface area contributed by atoms with E-state index in [-0.39, 0.29) is 0 Å². The minimum atomic E-state index is -0.513. The minimum Gasteiger partial charge on any atom is -0.310 e. The van der Waals surface area contributed by atoms with Gasteiger partial charge in [0.15, 0.2) is 0 Å². The Bertz CT molecular complexity index is 3430. The summed E-state index contributed by atoms with van der Waals surface area (Å²) in [6.07, 6.45) is 0. The second-order valence-corrected chi connectivity index (χ2v) is 16.8. The van der Waals surface area contributed by atoms with Crippen molar-refractivity contribution in [2.45, 2.75) is 5.41 Å². The van der Waals surface area contributed by atoms with Crippen LogP contribution in [0.1, 0.15) is 22.3 Å². The Kier molecular flexibility index (Phi) is 9.13. The molecule has 0 bridgehead atoms. The summed E-state index contributed by atoms with van der Waals surface area (Å²) < 4.78 is 0. The number of rotatable bonds is 8. The van der Waals surface area contributed by atoms with E-state index in [1.165, 1.54) is 88.3 Å². The number of hydrogen-bond acceptors (Lipinski definition) is 1. The van der Waals surface area contributed by atoms with E-state index in [4.69, 9.17) is 0 Å². The predicted molar refractivity (Wildman–Crippen MR) is 270 cm³/mol. The fourth-order valence-corrected chi connectivity index (χ4v) is 10.5. The second kappa shape index (κ2) is 15.6. The molecule has 0 saturated heterocycles. The molecule has 300 valence electrons. The van der Waals surface area contributed by atoms with Crippen molar-refractivity contribution < 1.29 is 0 Å². The highest BCUT2D eigenvalue weighted by atomic mass is 15.1. The van der Waals surface area contributed by atoms with Crippen LogP contribution in [0.3, 0.4) is 0 Å². The molecule has 0 heterocycles. The molecule has 0 unspecified atom stereocenters. The SMILES string of the molecule is c1ccc(-c2ccc(N(c3cccc(-c4cccc5c4ccc4c(-c6ccccc6)cccc45)c3)c3ccc4c(c3)C(c3ccccc3)(c3ccccc3)c3ccccc3-4)cc2)cc1. The van der Waals surface area contributed by atoms with Gasteiger partial charge in [-0.25, -0.2) is 0 Å². The van der Waals surface area contributed by atoms with Crippen molar-refractivity contribution in [3.8, 4) is 44.5 Å². The van der Waals surface area contributed by atoms with Gasteiger partial charge < -0.3 is 4.90 Å². The van der Waals surface area contributed by atoms with Crippen LogP contribution in [0.2, 0.25) is 0 Å². The Balaban J connectivity index is 1.05. The summed E-state index contributed by atoms with van der Waals surface area (Å²) >= 11 is 0. The molecule has 11 aromatic rings. The average Bonchev–Trinajstić information content (AvgIpc) is 3.68. The fraction of sp³-hybridized carbons (Fsp3) is 0.0159. The molecule has 0 aliphatic heterocycles. The predicted octanol–water partition coefficient (Wildman–Crippen LogP) is 16.8. The van der Waals surface area contributed by atoms with Gasteiger partial charge in [-0.15, -0.1) is 0 Å². The van der Waals surface area contributed by atoms with Crippen molar-refractivity contribution in [1.29, 1.82) is 0 Å². The van der Waals surface area contributed by atoms with Crippen LogP contribution in [0.5, 0.6) is 0 Å². The quantitative estimate of drug-likeness (QED) is 0.138. The monoisotopic (exact) mass is 813 g/mol. The Morgan fingerprint density at radius 3 is 1.33 bits per heavy atom. The number of benzene rings is 11. The zero-order valence-corrected chi connectivity index (χ0v) is 35.3. The van der Waals surface area contributed by atoms with Crippen LogP contribution >= 0.6 is 0 Å². The van der Waals surface area contributed by atoms with Crippen molar-refractivity contribution in [3.05, 3.63) is 283 Å². The molecule has 0 N–H and O–H groups in total. The van der Waals surface area contributed by atoms with Crippen LogP contribution in [0, 0.1) is 0 Å². The summed E-state index contributed by atoms with van der Waals surface area (Å²) in [5, 5.41) is 5.01. The third kappa shape index (κ3) is 6.08. The van der Waals surface area contributed by atoms with Gasteiger partial charge in [0.1, 0.15) is 0 Å². The van der Waals surface area contributed by atoms with Gasteiger partial charge in [0, 0.05) is 17.1 Å². The van der Waals surface area contributed by atoms with E-state index in [0.717, 1.165) is 17.1 Å². The number of fused-ring (bicyclic) bond motifs is 6. The van der Waals surface area contributed by atoms with Gasteiger partial charge in [0.05, 0.1) is 5.41 Å². The first-order valence-corrected chi connectivity index (χ1v) is 22.2. The molecule has 0 saturated carbocycles. The number of nitrogens with zero attached hydrogens (tertiary/aromatic N) is 1. The molecule has 0 amide bonds. The number of hydrogen-bond donors (Lipinski definition) is 0. The maximum absolute atomic E-state index is 2.46. The van der Waals surface area contributed by atoms with Crippen LogP contribution in [0.25, 0.3) is 66.1 Å². The van der Waals surface area contributed by atoms with E-state index in [9.17, 15) is 0 Å². The molecule has 1 aliphatic carbocycles. The molecule has 0 radical (unpaired) electrons. The standard InChI is InChI=1S/C63H43N/c1-5-18-44(19-6-1)45-34-36-50(37-35-45)64(52-38-39-60-59-28-13-14-33-61(59)63(62(60)43-52,48-23-9-3-10-24-48)49-25-11-4-12-26-49)51-27-15-22-47(42-51)54-30-17-32-56-55-31-16-29-53(46-20-7-2-8-21-46)57(55)40-41-58(54)56/h1-43H. The molecular weight excluding hydrogens is 771 g/mol. The van der Waals surface area contributed by atoms with Gasteiger partial charge in [0.2, 0.25) is 0 Å². The van der Waals surface area contributed by atoms with Crippen molar-refractivity contribution >= 4 is 38.6 Å². The van der Waals surface area contributed by atoms with E-state index in [0.29, 0.717) is 0 Å². The van der Waals surface area contributed by atoms with Gasteiger partial charge in [-0.3, -0.25) is 0 Å². The summed E-state index contributed by atoms with van der Waals surface area (Å²) in [4.78, 5) is 2.44. The fourth-order valence-electron chi connectivity index (χ4n) is 10.5. The zero-order chi connectivity index (χ0) is 42.5. The lowest BCUT2D eigenvalue weighted by molar-refractivity contribution is 0.768. The highest BCUT2D eigenvalue weighted by molar-refractivity contribution is 6.15. The van der Waals surface area contributed by atoms with E-state index >= 15 is 0 Å². The van der Waals surface area contributed by atoms with Crippen LogP contribution in [0.4, 0.5) is 17.1 Å². The third-order valence-corrected chi connectivity index (χ3v) is 13.4. The van der Waals surface area contributed by atoms with E-state index in [1.54, 1.807) is 0 Å². The first-order chi connectivity index (χ1) is 31.8. The van der Waals surface area contributed by atoms with Crippen LogP contribution in [-0.2, 0) is 5.41 Å². The van der Waals surface area contributed by atoms with Crippen molar-refractivity contribution in [3.63, 3.8) is 0 Å². The molecule has 0 spiro atoms. The zero-order valence-electron chi connectivity index (χ0n) is 35.3. The normalized spacial score (nSPS) is 12.5. The van der Waals surface area contributed by atoms with Crippen molar-refractivity contribution in [2.24, 2.45) is 0 Å². The second-order valence-electron chi connectivity index (χ2n) is 16.8. The Morgan fingerprint density at radius 2 is 0.688 bits per heavy atom. The van der Waals surface area contributed by atoms with Gasteiger partial charge in [-0.2, -0.15) is 0 Å². The van der Waals surface area contributed by atoms with Crippen LogP contribution in [-0.4, -0.2) is 0 Å². The van der Waals surface area contributed by atoms with Crippen molar-refractivity contribution in [1.82, 2.24) is 0 Å². The smallest absolute Gasteiger partial charge is 0.0714 e. The van der Waals surface area contributed by atoms with Crippen LogP contribution < -0.4 is 4.90 Å². The number of anilines is 3. The van der Waals surface area contributed by atoms with E-state index in [1.807, 2.05) is 0 Å². The van der Waals surface area contributed by atoms with Crippen LogP contribution in [0.15, 0.2) is 261 Å². The largest absolute Gasteiger partial charge is 0.310 e. The van der Waals surface area contributed by atoms with Gasteiger partial charge in [-0.05, 0) is 125 Å². The maximum atomic E-state index is 2.46. The molecule has 0 atom stereocenters. The van der Waals surface area contributed by atoms with Gasteiger partial charge >= 0.3 is 0 Å². The van der Waals surface area contributed by atoms with Crippen molar-refractivity contribution in [2.75, 3.05) is 4.90 Å². The average molecular weight is 814 g/mol. The lowest BCUT2D eigenvalue weighted by Crippen LogP contribution is -2.28. The Hall–Kier alpha value is -8.26. The highest BCUT2D eigenvalue weighted by Crippen LogP contribution is 2.57. The van der Waals surface area contributed by atoms with E-state index in [2.05, 4.69) is 266 Å². The lowest BCUT2D eigenvalue weighted by atomic mass is 9.67. The summed E-state index contributed by atoms with van der Waals surface area (Å²) in [6, 6.07) is 95.8. The summed E-state index contributed by atoms with van der Waals surface area (Å²) in [5.41, 5.74) is 17.7. The molecule has 0 aromatic heterocycles. The topological polar surface area (TPSA) is 3.24 Å². The van der Waals surface area contributed by atoms with Gasteiger partial charge in [0.25, 0.3) is 0 Å².